The number of rotatable bonds is 3. The zero-order valence-electron chi connectivity index (χ0n) is 14.2. The van der Waals surface area contributed by atoms with E-state index in [-0.39, 0.29) is 12.5 Å². The fourth-order valence-electron chi connectivity index (χ4n) is 4.04. The van der Waals surface area contributed by atoms with Gasteiger partial charge >= 0.3 is 5.97 Å². The first-order chi connectivity index (χ1) is 12.6. The number of hydrogen-bond donors (Lipinski definition) is 2. The highest BCUT2D eigenvalue weighted by Gasteiger charge is 2.38. The van der Waals surface area contributed by atoms with Crippen molar-refractivity contribution in [3.63, 3.8) is 0 Å². The largest absolute Gasteiger partial charge is 0.480 e. The maximum Gasteiger partial charge on any atom is 0.326 e. The number of benzene rings is 1. The van der Waals surface area contributed by atoms with Gasteiger partial charge in [0.25, 0.3) is 5.91 Å². The summed E-state index contributed by atoms with van der Waals surface area (Å²) in [6, 6.07) is 11.1. The standard InChI is InChI=1S/C20H19N3O3/c24-19(17-6-3-9-22(17)12-7-8-12)23-11-16-14(10-18(23)20(25)26)13-4-1-2-5-15(13)21-16/h1-6,9,12,18,21H,7-8,10-11H2,(H,25,26)/t18-/m0/s1. The molecular weight excluding hydrogens is 330 g/mol. The van der Waals surface area contributed by atoms with Gasteiger partial charge in [0.15, 0.2) is 0 Å². The monoisotopic (exact) mass is 349 g/mol. The van der Waals surface area contributed by atoms with E-state index in [1.54, 1.807) is 6.07 Å². The second-order valence-corrected chi connectivity index (χ2v) is 7.15. The van der Waals surface area contributed by atoms with Crippen LogP contribution in [-0.2, 0) is 17.8 Å². The molecule has 3 aromatic rings. The highest BCUT2D eigenvalue weighted by Crippen LogP contribution is 2.37. The number of aromatic nitrogens is 2. The van der Waals surface area contributed by atoms with Crippen LogP contribution in [0.1, 0.15) is 40.6 Å². The van der Waals surface area contributed by atoms with Crippen molar-refractivity contribution in [3.8, 4) is 0 Å². The Morgan fingerprint density at radius 1 is 1.12 bits per heavy atom. The molecule has 5 rings (SSSR count). The molecule has 1 fully saturated rings. The van der Waals surface area contributed by atoms with E-state index >= 15 is 0 Å². The number of H-pyrrole nitrogens is 1. The number of aliphatic carboxylic acids is 1. The van der Waals surface area contributed by atoms with E-state index in [2.05, 4.69) is 4.98 Å². The Labute approximate surface area is 150 Å². The van der Waals surface area contributed by atoms with Crippen LogP contribution in [0.15, 0.2) is 42.6 Å². The summed E-state index contributed by atoms with van der Waals surface area (Å²) in [4.78, 5) is 30.0. The number of carboxylic acids is 1. The minimum atomic E-state index is -0.959. The SMILES string of the molecule is O=C(O)[C@@H]1Cc2c([nH]c3ccccc23)CN1C(=O)c1cccn1C1CC1. The summed E-state index contributed by atoms with van der Waals surface area (Å²) in [5, 5.41) is 10.8. The van der Waals surface area contributed by atoms with Crippen LogP contribution in [0, 0.1) is 0 Å². The minimum Gasteiger partial charge on any atom is -0.480 e. The molecule has 6 heteroatoms. The van der Waals surface area contributed by atoms with Gasteiger partial charge in [-0.15, -0.1) is 0 Å². The maximum atomic E-state index is 13.2. The number of para-hydroxylation sites is 1. The number of nitrogens with zero attached hydrogens (tertiary/aromatic N) is 2. The van der Waals surface area contributed by atoms with Gasteiger partial charge in [-0.05, 0) is 36.6 Å². The Kier molecular flexibility index (Phi) is 3.22. The van der Waals surface area contributed by atoms with E-state index in [0.717, 1.165) is 35.0 Å². The fourth-order valence-corrected chi connectivity index (χ4v) is 4.04. The van der Waals surface area contributed by atoms with Gasteiger partial charge in [0.05, 0.1) is 6.54 Å². The van der Waals surface area contributed by atoms with E-state index in [9.17, 15) is 14.7 Å². The molecule has 1 aromatic carbocycles. The lowest BCUT2D eigenvalue weighted by Crippen LogP contribution is -2.49. The molecule has 0 radical (unpaired) electrons. The third kappa shape index (κ3) is 2.25. The van der Waals surface area contributed by atoms with Gasteiger partial charge in [0.2, 0.25) is 0 Å². The zero-order chi connectivity index (χ0) is 17.8. The van der Waals surface area contributed by atoms with Crippen LogP contribution >= 0.6 is 0 Å². The van der Waals surface area contributed by atoms with Crippen LogP contribution in [0.3, 0.4) is 0 Å². The fraction of sp³-hybridized carbons (Fsp3) is 0.300. The number of aromatic amines is 1. The Balaban J connectivity index is 1.56. The molecule has 1 aliphatic heterocycles. The van der Waals surface area contributed by atoms with Crippen LogP contribution in [0.2, 0.25) is 0 Å². The molecule has 0 spiro atoms. The highest BCUT2D eigenvalue weighted by molar-refractivity contribution is 5.96. The van der Waals surface area contributed by atoms with Crippen LogP contribution in [0.25, 0.3) is 10.9 Å². The van der Waals surface area contributed by atoms with Crippen LogP contribution in [-0.4, -0.2) is 37.5 Å². The summed E-state index contributed by atoms with van der Waals surface area (Å²) in [5.74, 6) is -1.17. The van der Waals surface area contributed by atoms with Crippen molar-refractivity contribution < 1.29 is 14.7 Å². The molecule has 2 N–H and O–H groups in total. The van der Waals surface area contributed by atoms with Crippen LogP contribution in [0.5, 0.6) is 0 Å². The molecular formula is C20H19N3O3. The third-order valence-electron chi connectivity index (χ3n) is 5.49. The first-order valence-corrected chi connectivity index (χ1v) is 8.92. The molecule has 0 unspecified atom stereocenters. The topological polar surface area (TPSA) is 78.3 Å². The third-order valence-corrected chi connectivity index (χ3v) is 5.49. The normalized spacial score (nSPS) is 19.5. The van der Waals surface area contributed by atoms with Gasteiger partial charge in [-0.2, -0.15) is 0 Å². The number of fused-ring (bicyclic) bond motifs is 3. The van der Waals surface area contributed by atoms with Crippen molar-refractivity contribution >= 4 is 22.8 Å². The lowest BCUT2D eigenvalue weighted by atomic mass is 9.96. The van der Waals surface area contributed by atoms with Gasteiger partial charge in [0, 0.05) is 35.3 Å². The molecule has 132 valence electrons. The maximum absolute atomic E-state index is 13.2. The van der Waals surface area contributed by atoms with Crippen molar-refractivity contribution in [3.05, 3.63) is 59.5 Å². The molecule has 1 aliphatic carbocycles. The molecule has 0 saturated heterocycles. The molecule has 1 amide bonds. The van der Waals surface area contributed by atoms with E-state index < -0.39 is 12.0 Å². The summed E-state index contributed by atoms with van der Waals surface area (Å²) >= 11 is 0. The molecule has 6 nitrogen and oxygen atoms in total. The number of carboxylic acid groups (broad SMARTS) is 1. The quantitative estimate of drug-likeness (QED) is 0.763. The molecule has 2 aromatic heterocycles. The number of nitrogens with one attached hydrogen (secondary N) is 1. The van der Waals surface area contributed by atoms with Crippen molar-refractivity contribution in [2.45, 2.75) is 37.9 Å². The van der Waals surface area contributed by atoms with Crippen molar-refractivity contribution in [1.29, 1.82) is 0 Å². The molecule has 1 saturated carbocycles. The summed E-state index contributed by atoms with van der Waals surface area (Å²) in [6.07, 6.45) is 4.39. The Bertz CT molecular complexity index is 1030. The van der Waals surface area contributed by atoms with Crippen molar-refractivity contribution in [2.24, 2.45) is 0 Å². The van der Waals surface area contributed by atoms with Crippen LogP contribution < -0.4 is 0 Å². The van der Waals surface area contributed by atoms with Gasteiger partial charge in [-0.1, -0.05) is 18.2 Å². The summed E-state index contributed by atoms with van der Waals surface area (Å²) in [5.41, 5.74) is 3.51. The van der Waals surface area contributed by atoms with Crippen molar-refractivity contribution in [1.82, 2.24) is 14.5 Å². The highest BCUT2D eigenvalue weighted by atomic mass is 16.4. The lowest BCUT2D eigenvalue weighted by molar-refractivity contribution is -0.142. The van der Waals surface area contributed by atoms with E-state index in [1.807, 2.05) is 41.1 Å². The first-order valence-electron chi connectivity index (χ1n) is 8.92. The summed E-state index contributed by atoms with van der Waals surface area (Å²) in [7, 11) is 0. The minimum absolute atomic E-state index is 0.210. The number of hydrogen-bond acceptors (Lipinski definition) is 2. The zero-order valence-corrected chi connectivity index (χ0v) is 14.2. The average Bonchev–Trinajstić information content (AvgIpc) is 3.25. The number of carbonyl (C=O) groups is 2. The summed E-state index contributed by atoms with van der Waals surface area (Å²) < 4.78 is 1.99. The predicted molar refractivity (Wildman–Crippen MR) is 96.0 cm³/mol. The number of carbonyl (C=O) groups excluding carboxylic acids is 1. The van der Waals surface area contributed by atoms with E-state index in [1.165, 1.54) is 4.90 Å². The molecule has 0 bridgehead atoms. The number of amides is 1. The van der Waals surface area contributed by atoms with Gasteiger partial charge < -0.3 is 19.6 Å². The smallest absolute Gasteiger partial charge is 0.326 e. The van der Waals surface area contributed by atoms with Gasteiger partial charge in [-0.25, -0.2) is 4.79 Å². The van der Waals surface area contributed by atoms with Gasteiger partial charge in [0.1, 0.15) is 11.7 Å². The average molecular weight is 349 g/mol. The first kappa shape index (κ1) is 15.3. The molecule has 2 aliphatic rings. The van der Waals surface area contributed by atoms with Gasteiger partial charge in [-0.3, -0.25) is 4.79 Å². The second kappa shape index (κ2) is 5.49. The van der Waals surface area contributed by atoms with E-state index in [4.69, 9.17) is 0 Å². The second-order valence-electron chi connectivity index (χ2n) is 7.15. The Morgan fingerprint density at radius 2 is 1.92 bits per heavy atom. The van der Waals surface area contributed by atoms with Crippen LogP contribution in [0.4, 0.5) is 0 Å². The van der Waals surface area contributed by atoms with E-state index in [0.29, 0.717) is 18.2 Å². The molecule has 3 heterocycles. The Hall–Kier alpha value is -3.02. The Morgan fingerprint density at radius 3 is 2.69 bits per heavy atom. The lowest BCUT2D eigenvalue weighted by Gasteiger charge is -2.33. The predicted octanol–water partition coefficient (Wildman–Crippen LogP) is 2.96. The van der Waals surface area contributed by atoms with Crippen molar-refractivity contribution in [2.75, 3.05) is 0 Å². The molecule has 26 heavy (non-hydrogen) atoms. The summed E-state index contributed by atoms with van der Waals surface area (Å²) in [6.45, 7) is 0.287. The molecule has 1 atom stereocenters.